The summed E-state index contributed by atoms with van der Waals surface area (Å²) in [5.41, 5.74) is 9.71. The van der Waals surface area contributed by atoms with Gasteiger partial charge in [-0.1, -0.05) is 60.7 Å². The number of methoxy groups -OCH3 is 2. The Kier molecular flexibility index (Phi) is 9.62. The first-order chi connectivity index (χ1) is 25.4. The molecule has 0 spiro atoms. The lowest BCUT2D eigenvalue weighted by Gasteiger charge is -2.14. The molecule has 8 aromatic rings. The molecule has 256 valence electrons. The van der Waals surface area contributed by atoms with Crippen LogP contribution in [0.3, 0.4) is 0 Å². The van der Waals surface area contributed by atoms with E-state index in [0.29, 0.717) is 11.3 Å². The molecular weight excluding hydrogens is 655 g/mol. The Balaban J connectivity index is 0.000000162. The quantitative estimate of drug-likeness (QED) is 0.173. The third kappa shape index (κ3) is 6.31. The number of hydrogen-bond donors (Lipinski definition) is 0. The molecule has 0 fully saturated rings. The van der Waals surface area contributed by atoms with Gasteiger partial charge in [-0.05, 0) is 84.6 Å². The molecule has 0 bridgehead atoms. The number of halogens is 2. The van der Waals surface area contributed by atoms with Gasteiger partial charge >= 0.3 is 0 Å². The third-order valence-electron chi connectivity index (χ3n) is 9.03. The van der Waals surface area contributed by atoms with Gasteiger partial charge in [0.25, 0.3) is 0 Å². The fraction of sp³-hybridized carbons (Fsp3) is 0.0909. The van der Waals surface area contributed by atoms with Crippen molar-refractivity contribution in [2.75, 3.05) is 14.2 Å². The smallest absolute Gasteiger partial charge is 0.135 e. The fourth-order valence-electron chi connectivity index (χ4n) is 6.64. The molecule has 0 aliphatic rings. The molecule has 0 saturated heterocycles. The van der Waals surface area contributed by atoms with E-state index >= 15 is 0 Å². The Hall–Kier alpha value is -6.54. The average molecular weight is 689 g/mol. The van der Waals surface area contributed by atoms with Gasteiger partial charge in [0.2, 0.25) is 0 Å². The van der Waals surface area contributed by atoms with Gasteiger partial charge in [-0.15, -0.1) is 0 Å². The molecule has 0 aliphatic heterocycles. The van der Waals surface area contributed by atoms with Crippen molar-refractivity contribution in [3.8, 4) is 56.3 Å². The highest BCUT2D eigenvalue weighted by molar-refractivity contribution is 6.03. The lowest BCUT2D eigenvalue weighted by Crippen LogP contribution is -1.96. The Morgan fingerprint density at radius 2 is 0.846 bits per heavy atom. The standard InChI is InChI=1S/C23H20N2O.C21H14F2N2O/c1-15-7-6-8-16(2)21(15)23-22-19(12-14-25-23)17(11-13-24-22)18-9-4-5-10-20(18)26-3;1-26-18-8-3-2-5-14(18)13-9-11-24-20-15(13)10-12-25-21(20)19-16(22)6-4-7-17(19)23/h4-14H,1-3H3;2-12H,1H3. The van der Waals surface area contributed by atoms with Crippen LogP contribution in [0, 0.1) is 25.5 Å². The van der Waals surface area contributed by atoms with E-state index in [9.17, 15) is 8.78 Å². The number of aryl methyl sites for hydroxylation is 2. The SMILES string of the molecule is COc1ccccc1-c1ccnc2c(-c3c(C)cccc3C)nccc12.COc1ccccc1-c1ccnc2c(-c3c(F)cccc3F)nccc12. The maximum Gasteiger partial charge on any atom is 0.135 e. The zero-order valence-corrected chi connectivity index (χ0v) is 29.1. The Bertz CT molecular complexity index is 2350. The maximum absolute atomic E-state index is 14.3. The zero-order chi connectivity index (χ0) is 36.2. The number of nitrogens with zero attached hydrogens (tertiary/aromatic N) is 4. The van der Waals surface area contributed by atoms with Crippen LogP contribution >= 0.6 is 0 Å². The minimum absolute atomic E-state index is 0.176. The lowest BCUT2D eigenvalue weighted by molar-refractivity contribution is 0.416. The molecule has 0 amide bonds. The minimum Gasteiger partial charge on any atom is -0.496 e. The molecule has 8 heteroatoms. The molecule has 0 radical (unpaired) electrons. The summed E-state index contributed by atoms with van der Waals surface area (Å²) in [4.78, 5) is 17.9. The summed E-state index contributed by atoms with van der Waals surface area (Å²) in [5, 5.41) is 1.81. The van der Waals surface area contributed by atoms with E-state index in [4.69, 9.17) is 9.47 Å². The number of para-hydroxylation sites is 2. The van der Waals surface area contributed by atoms with Crippen LogP contribution in [0.15, 0.2) is 134 Å². The predicted octanol–water partition coefficient (Wildman–Crippen LogP) is 10.8. The van der Waals surface area contributed by atoms with Crippen LogP contribution < -0.4 is 9.47 Å². The zero-order valence-electron chi connectivity index (χ0n) is 29.1. The Morgan fingerprint density at radius 3 is 1.33 bits per heavy atom. The highest BCUT2D eigenvalue weighted by atomic mass is 19.1. The normalized spacial score (nSPS) is 10.9. The number of pyridine rings is 4. The molecule has 4 aromatic carbocycles. The molecule has 4 aromatic heterocycles. The Morgan fingerprint density at radius 1 is 0.423 bits per heavy atom. The summed E-state index contributed by atoms with van der Waals surface area (Å²) in [7, 11) is 3.30. The summed E-state index contributed by atoms with van der Waals surface area (Å²) in [6, 6.07) is 33.4. The second-order valence-electron chi connectivity index (χ2n) is 12.1. The van der Waals surface area contributed by atoms with Crippen molar-refractivity contribution in [3.63, 3.8) is 0 Å². The van der Waals surface area contributed by atoms with Gasteiger partial charge < -0.3 is 9.47 Å². The molecular formula is C44H34F2N4O2. The first-order valence-electron chi connectivity index (χ1n) is 16.7. The summed E-state index contributed by atoms with van der Waals surface area (Å²) in [5.74, 6) is 0.213. The van der Waals surface area contributed by atoms with Crippen LogP contribution in [0.4, 0.5) is 8.78 Å². The lowest BCUT2D eigenvalue weighted by atomic mass is 9.95. The van der Waals surface area contributed by atoms with Crippen LogP contribution in [0.25, 0.3) is 66.6 Å². The third-order valence-corrected chi connectivity index (χ3v) is 9.03. The van der Waals surface area contributed by atoms with Gasteiger partial charge in [0.1, 0.15) is 28.8 Å². The van der Waals surface area contributed by atoms with E-state index in [-0.39, 0.29) is 11.3 Å². The van der Waals surface area contributed by atoms with Crippen molar-refractivity contribution >= 4 is 21.8 Å². The molecule has 0 aliphatic carbocycles. The van der Waals surface area contributed by atoms with Crippen molar-refractivity contribution in [2.24, 2.45) is 0 Å². The highest BCUT2D eigenvalue weighted by Crippen LogP contribution is 2.39. The molecule has 4 heterocycles. The largest absolute Gasteiger partial charge is 0.496 e. The van der Waals surface area contributed by atoms with Gasteiger partial charge in [-0.2, -0.15) is 0 Å². The van der Waals surface area contributed by atoms with Crippen LogP contribution in [0.5, 0.6) is 11.5 Å². The van der Waals surface area contributed by atoms with Crippen LogP contribution in [0.2, 0.25) is 0 Å². The van der Waals surface area contributed by atoms with Crippen molar-refractivity contribution in [1.29, 1.82) is 0 Å². The first-order valence-corrected chi connectivity index (χ1v) is 16.7. The number of fused-ring (bicyclic) bond motifs is 2. The van der Waals surface area contributed by atoms with E-state index in [0.717, 1.165) is 55.5 Å². The molecule has 0 atom stereocenters. The maximum atomic E-state index is 14.3. The van der Waals surface area contributed by atoms with Gasteiger partial charge in [-0.25, -0.2) is 8.78 Å². The molecule has 0 saturated carbocycles. The summed E-state index contributed by atoms with van der Waals surface area (Å²) in [6.45, 7) is 4.24. The summed E-state index contributed by atoms with van der Waals surface area (Å²) < 4.78 is 39.6. The van der Waals surface area contributed by atoms with Crippen LogP contribution in [-0.4, -0.2) is 34.2 Å². The summed E-state index contributed by atoms with van der Waals surface area (Å²) >= 11 is 0. The topological polar surface area (TPSA) is 70.0 Å². The molecule has 8 rings (SSSR count). The molecule has 0 N–H and O–H groups in total. The number of ether oxygens (including phenoxy) is 2. The number of rotatable bonds is 6. The molecule has 52 heavy (non-hydrogen) atoms. The second-order valence-corrected chi connectivity index (χ2v) is 12.1. The Labute approximate surface area is 300 Å². The molecule has 0 unspecified atom stereocenters. The van der Waals surface area contributed by atoms with Crippen molar-refractivity contribution in [2.45, 2.75) is 13.8 Å². The average Bonchev–Trinajstić information content (AvgIpc) is 3.17. The number of benzene rings is 4. The first kappa shape index (κ1) is 33.9. The highest BCUT2D eigenvalue weighted by Gasteiger charge is 2.19. The van der Waals surface area contributed by atoms with E-state index in [1.165, 1.54) is 35.5 Å². The predicted molar refractivity (Wildman–Crippen MR) is 203 cm³/mol. The van der Waals surface area contributed by atoms with Crippen molar-refractivity contribution in [3.05, 3.63) is 157 Å². The van der Waals surface area contributed by atoms with Crippen LogP contribution in [-0.2, 0) is 0 Å². The van der Waals surface area contributed by atoms with E-state index in [2.05, 4.69) is 58.0 Å². The molecule has 6 nitrogen and oxygen atoms in total. The van der Waals surface area contributed by atoms with Gasteiger partial charge in [0.15, 0.2) is 0 Å². The summed E-state index contributed by atoms with van der Waals surface area (Å²) in [6.07, 6.45) is 6.85. The van der Waals surface area contributed by atoms with E-state index in [1.807, 2.05) is 73.1 Å². The second kappa shape index (κ2) is 14.7. The van der Waals surface area contributed by atoms with Gasteiger partial charge in [0.05, 0.1) is 36.5 Å². The minimum atomic E-state index is -0.672. The van der Waals surface area contributed by atoms with Crippen molar-refractivity contribution < 1.29 is 18.3 Å². The van der Waals surface area contributed by atoms with E-state index in [1.54, 1.807) is 26.5 Å². The number of aromatic nitrogens is 4. The van der Waals surface area contributed by atoms with E-state index < -0.39 is 11.6 Å². The van der Waals surface area contributed by atoms with Crippen molar-refractivity contribution in [1.82, 2.24) is 19.9 Å². The van der Waals surface area contributed by atoms with Crippen LogP contribution in [0.1, 0.15) is 11.1 Å². The van der Waals surface area contributed by atoms with Gasteiger partial charge in [-0.3, -0.25) is 19.9 Å². The fourth-order valence-corrected chi connectivity index (χ4v) is 6.64. The number of hydrogen-bond acceptors (Lipinski definition) is 6. The van der Waals surface area contributed by atoms with Gasteiger partial charge in [0, 0.05) is 52.3 Å². The monoisotopic (exact) mass is 688 g/mol.